The third kappa shape index (κ3) is 4.09. The van der Waals surface area contributed by atoms with E-state index >= 15 is 0 Å². The van der Waals surface area contributed by atoms with E-state index in [4.69, 9.17) is 4.74 Å². The Morgan fingerprint density at radius 3 is 2.36 bits per heavy atom. The first-order chi connectivity index (χ1) is 12.2. The molecule has 0 fully saturated rings. The quantitative estimate of drug-likeness (QED) is 0.501. The minimum atomic E-state index is -0.360. The van der Waals surface area contributed by atoms with E-state index in [-0.39, 0.29) is 11.2 Å². The van der Waals surface area contributed by atoms with Crippen LogP contribution in [0.1, 0.15) is 18.3 Å². The maximum atomic E-state index is 11.8. The molecule has 0 bridgehead atoms. The molecular formula is C19H19N3O2S. The fourth-order valence-corrected chi connectivity index (χ4v) is 3.39. The number of hydrogen-bond donors (Lipinski definition) is 0. The summed E-state index contributed by atoms with van der Waals surface area (Å²) in [5.41, 5.74) is 2.13. The molecule has 1 unspecified atom stereocenters. The maximum Gasteiger partial charge on any atom is 0.318 e. The predicted octanol–water partition coefficient (Wildman–Crippen LogP) is 3.51. The molecular weight excluding hydrogens is 334 g/mol. The monoisotopic (exact) mass is 353 g/mol. The van der Waals surface area contributed by atoms with E-state index in [9.17, 15) is 4.79 Å². The summed E-state index contributed by atoms with van der Waals surface area (Å²) in [5.74, 6) is 0.550. The second-order valence-corrected chi connectivity index (χ2v) is 6.82. The lowest BCUT2D eigenvalue weighted by Gasteiger charge is -2.12. The fourth-order valence-electron chi connectivity index (χ4n) is 2.48. The molecule has 0 aliphatic rings. The number of esters is 1. The molecule has 0 saturated carbocycles. The SMILES string of the molecule is COC(=O)C(C)Sc1nnc(Cc2ccccc2)n1-c1ccccc1. The molecule has 2 aromatic carbocycles. The Bertz CT molecular complexity index is 834. The zero-order chi connectivity index (χ0) is 17.6. The number of benzene rings is 2. The van der Waals surface area contributed by atoms with Crippen LogP contribution in [0.5, 0.6) is 0 Å². The van der Waals surface area contributed by atoms with Gasteiger partial charge in [-0.15, -0.1) is 10.2 Å². The van der Waals surface area contributed by atoms with Gasteiger partial charge in [0, 0.05) is 12.1 Å². The highest BCUT2D eigenvalue weighted by Crippen LogP contribution is 2.27. The van der Waals surface area contributed by atoms with Gasteiger partial charge in [0.25, 0.3) is 0 Å². The third-order valence-electron chi connectivity index (χ3n) is 3.74. The first-order valence-corrected chi connectivity index (χ1v) is 8.85. The largest absolute Gasteiger partial charge is 0.468 e. The fraction of sp³-hybridized carbons (Fsp3) is 0.211. The van der Waals surface area contributed by atoms with Crippen molar-refractivity contribution in [1.29, 1.82) is 0 Å². The van der Waals surface area contributed by atoms with Crippen LogP contribution in [0.25, 0.3) is 5.69 Å². The van der Waals surface area contributed by atoms with Crippen LogP contribution in [0, 0.1) is 0 Å². The van der Waals surface area contributed by atoms with Gasteiger partial charge >= 0.3 is 5.97 Å². The number of carbonyl (C=O) groups is 1. The summed E-state index contributed by atoms with van der Waals surface area (Å²) in [4.78, 5) is 11.8. The van der Waals surface area contributed by atoms with Gasteiger partial charge in [0.1, 0.15) is 11.1 Å². The molecule has 128 valence electrons. The number of para-hydroxylation sites is 1. The molecule has 5 nitrogen and oxygen atoms in total. The number of thioether (sulfide) groups is 1. The second kappa shape index (κ2) is 7.98. The van der Waals surface area contributed by atoms with Gasteiger partial charge in [0.05, 0.1) is 7.11 Å². The van der Waals surface area contributed by atoms with E-state index in [1.165, 1.54) is 18.9 Å². The van der Waals surface area contributed by atoms with Crippen LogP contribution in [0.4, 0.5) is 0 Å². The Balaban J connectivity index is 1.97. The molecule has 0 aliphatic carbocycles. The van der Waals surface area contributed by atoms with Crippen LogP contribution in [0.2, 0.25) is 0 Å². The zero-order valence-electron chi connectivity index (χ0n) is 14.1. The first-order valence-electron chi connectivity index (χ1n) is 7.97. The van der Waals surface area contributed by atoms with Gasteiger partial charge in [0.15, 0.2) is 5.16 Å². The van der Waals surface area contributed by atoms with Crippen LogP contribution < -0.4 is 0 Å². The highest BCUT2D eigenvalue weighted by molar-refractivity contribution is 8.00. The number of aromatic nitrogens is 3. The summed E-state index contributed by atoms with van der Waals surface area (Å²) in [6.07, 6.45) is 0.663. The average molecular weight is 353 g/mol. The van der Waals surface area contributed by atoms with Gasteiger partial charge in [-0.1, -0.05) is 60.3 Å². The number of methoxy groups -OCH3 is 1. The summed E-state index contributed by atoms with van der Waals surface area (Å²) in [7, 11) is 1.39. The van der Waals surface area contributed by atoms with E-state index < -0.39 is 0 Å². The van der Waals surface area contributed by atoms with Crippen LogP contribution >= 0.6 is 11.8 Å². The Morgan fingerprint density at radius 2 is 1.72 bits per heavy atom. The van der Waals surface area contributed by atoms with Crippen molar-refractivity contribution in [2.45, 2.75) is 23.8 Å². The molecule has 0 spiro atoms. The van der Waals surface area contributed by atoms with Crippen molar-refractivity contribution in [1.82, 2.24) is 14.8 Å². The van der Waals surface area contributed by atoms with Crippen LogP contribution in [-0.2, 0) is 16.0 Å². The molecule has 1 aromatic heterocycles. The molecule has 0 aliphatic heterocycles. The Labute approximate surface area is 151 Å². The second-order valence-electron chi connectivity index (χ2n) is 5.52. The molecule has 0 N–H and O–H groups in total. The van der Waals surface area contributed by atoms with E-state index in [1.807, 2.05) is 53.1 Å². The van der Waals surface area contributed by atoms with Gasteiger partial charge in [-0.2, -0.15) is 0 Å². The van der Waals surface area contributed by atoms with E-state index in [0.29, 0.717) is 11.6 Å². The van der Waals surface area contributed by atoms with E-state index in [0.717, 1.165) is 17.1 Å². The minimum absolute atomic E-state index is 0.280. The van der Waals surface area contributed by atoms with E-state index in [1.54, 1.807) is 6.92 Å². The number of carbonyl (C=O) groups excluding carboxylic acids is 1. The summed E-state index contributed by atoms with van der Waals surface area (Å²) >= 11 is 1.34. The van der Waals surface area contributed by atoms with Crippen molar-refractivity contribution in [3.8, 4) is 5.69 Å². The minimum Gasteiger partial charge on any atom is -0.468 e. The molecule has 0 saturated heterocycles. The van der Waals surface area contributed by atoms with Crippen molar-refractivity contribution in [3.05, 3.63) is 72.1 Å². The Morgan fingerprint density at radius 1 is 1.08 bits per heavy atom. The predicted molar refractivity (Wildman–Crippen MR) is 97.9 cm³/mol. The van der Waals surface area contributed by atoms with Crippen LogP contribution in [0.15, 0.2) is 65.8 Å². The van der Waals surface area contributed by atoms with Crippen molar-refractivity contribution >= 4 is 17.7 Å². The highest BCUT2D eigenvalue weighted by atomic mass is 32.2. The van der Waals surface area contributed by atoms with Gasteiger partial charge in [-0.25, -0.2) is 0 Å². The molecule has 3 aromatic rings. The number of hydrogen-bond acceptors (Lipinski definition) is 5. The molecule has 3 rings (SSSR count). The summed E-state index contributed by atoms with van der Waals surface area (Å²) < 4.78 is 6.81. The number of ether oxygens (including phenoxy) is 1. The maximum absolute atomic E-state index is 11.8. The summed E-state index contributed by atoms with van der Waals surface area (Å²) in [6, 6.07) is 20.1. The third-order valence-corrected chi connectivity index (χ3v) is 4.76. The average Bonchev–Trinajstić information content (AvgIpc) is 3.04. The summed E-state index contributed by atoms with van der Waals surface area (Å²) in [6.45, 7) is 1.80. The Hall–Kier alpha value is -2.60. The van der Waals surface area contributed by atoms with Crippen LogP contribution in [-0.4, -0.2) is 33.1 Å². The normalized spacial score (nSPS) is 11.9. The first kappa shape index (κ1) is 17.2. The Kier molecular flexibility index (Phi) is 5.50. The highest BCUT2D eigenvalue weighted by Gasteiger charge is 2.21. The van der Waals surface area contributed by atoms with Gasteiger partial charge in [-0.3, -0.25) is 9.36 Å². The summed E-state index contributed by atoms with van der Waals surface area (Å²) in [5, 5.41) is 9.00. The molecule has 0 amide bonds. The van der Waals surface area contributed by atoms with Crippen LogP contribution in [0.3, 0.4) is 0 Å². The molecule has 1 heterocycles. The van der Waals surface area contributed by atoms with Crippen molar-refractivity contribution in [3.63, 3.8) is 0 Å². The van der Waals surface area contributed by atoms with Crippen molar-refractivity contribution < 1.29 is 9.53 Å². The van der Waals surface area contributed by atoms with Gasteiger partial charge in [0.2, 0.25) is 0 Å². The molecule has 6 heteroatoms. The number of rotatable bonds is 6. The van der Waals surface area contributed by atoms with Crippen molar-refractivity contribution in [2.24, 2.45) is 0 Å². The van der Waals surface area contributed by atoms with Gasteiger partial charge in [-0.05, 0) is 24.6 Å². The van der Waals surface area contributed by atoms with E-state index in [2.05, 4.69) is 22.3 Å². The van der Waals surface area contributed by atoms with Crippen molar-refractivity contribution in [2.75, 3.05) is 7.11 Å². The topological polar surface area (TPSA) is 57.0 Å². The standard InChI is InChI=1S/C19H19N3O2S/c1-14(18(23)24-2)25-19-21-20-17(13-15-9-5-3-6-10-15)22(19)16-11-7-4-8-12-16/h3-12,14H,13H2,1-2H3. The lowest BCUT2D eigenvalue weighted by Crippen LogP contribution is -2.15. The molecule has 0 radical (unpaired) electrons. The lowest BCUT2D eigenvalue weighted by atomic mass is 10.1. The number of nitrogens with zero attached hydrogens (tertiary/aromatic N) is 3. The molecule has 25 heavy (non-hydrogen) atoms. The lowest BCUT2D eigenvalue weighted by molar-refractivity contribution is -0.139. The molecule has 1 atom stereocenters. The smallest absolute Gasteiger partial charge is 0.318 e. The zero-order valence-corrected chi connectivity index (χ0v) is 14.9. The van der Waals surface area contributed by atoms with Gasteiger partial charge < -0.3 is 4.74 Å².